The van der Waals surface area contributed by atoms with E-state index in [0.717, 1.165) is 27.3 Å². The zero-order valence-corrected chi connectivity index (χ0v) is 23.7. The van der Waals surface area contributed by atoms with Crippen molar-refractivity contribution in [2.75, 3.05) is 23.7 Å². The van der Waals surface area contributed by atoms with E-state index in [1.54, 1.807) is 25.1 Å². The molecule has 2 amide bonds. The molecule has 3 aromatic rings. The molecule has 0 saturated heterocycles. The molecule has 9 heteroatoms. The van der Waals surface area contributed by atoms with Gasteiger partial charge in [0.05, 0.1) is 11.9 Å². The van der Waals surface area contributed by atoms with Gasteiger partial charge >= 0.3 is 0 Å². The summed E-state index contributed by atoms with van der Waals surface area (Å²) in [6.45, 7) is 5.59. The Morgan fingerprint density at radius 1 is 0.947 bits per heavy atom. The molecular weight excluding hydrogens is 522 g/mol. The molecule has 0 aromatic heterocycles. The van der Waals surface area contributed by atoms with Crippen LogP contribution in [-0.2, 0) is 32.6 Å². The lowest BCUT2D eigenvalue weighted by Crippen LogP contribution is -2.53. The predicted molar refractivity (Wildman–Crippen MR) is 153 cm³/mol. The van der Waals surface area contributed by atoms with Crippen LogP contribution in [0.1, 0.15) is 29.2 Å². The third-order valence-corrected chi connectivity index (χ3v) is 7.53. The topological polar surface area (TPSA) is 86.8 Å². The first-order valence-corrected chi connectivity index (χ1v) is 14.6. The molecule has 7 nitrogen and oxygen atoms in total. The van der Waals surface area contributed by atoms with Gasteiger partial charge in [-0.15, -0.1) is 0 Å². The first-order valence-electron chi connectivity index (χ1n) is 12.4. The van der Waals surface area contributed by atoms with E-state index in [-0.39, 0.29) is 18.9 Å². The molecule has 0 saturated carbocycles. The van der Waals surface area contributed by atoms with E-state index in [9.17, 15) is 18.0 Å². The van der Waals surface area contributed by atoms with Gasteiger partial charge in [-0.1, -0.05) is 71.8 Å². The molecule has 0 aliphatic carbocycles. The SMILES string of the molecule is CCNC(=O)C(Cc1ccccc1)N(Cc1cccc(C)c1)C(=O)CN(c1ccc(Cl)cc1C)S(C)(=O)=O. The average Bonchev–Trinajstić information content (AvgIpc) is 2.85. The molecule has 3 aromatic carbocycles. The molecule has 0 heterocycles. The number of carbonyl (C=O) groups excluding carboxylic acids is 2. The van der Waals surface area contributed by atoms with Gasteiger partial charge < -0.3 is 10.2 Å². The average molecular weight is 556 g/mol. The Kier molecular flexibility index (Phi) is 9.94. The van der Waals surface area contributed by atoms with E-state index in [4.69, 9.17) is 11.6 Å². The summed E-state index contributed by atoms with van der Waals surface area (Å²) in [5, 5.41) is 3.31. The van der Waals surface area contributed by atoms with E-state index in [2.05, 4.69) is 5.32 Å². The normalized spacial score (nSPS) is 12.0. The number of halogens is 1. The van der Waals surface area contributed by atoms with E-state index in [0.29, 0.717) is 22.8 Å². The molecule has 0 fully saturated rings. The fourth-order valence-electron chi connectivity index (χ4n) is 4.35. The monoisotopic (exact) mass is 555 g/mol. The number of rotatable bonds is 11. The summed E-state index contributed by atoms with van der Waals surface area (Å²) < 4.78 is 26.8. The molecule has 0 spiro atoms. The molecule has 38 heavy (non-hydrogen) atoms. The summed E-state index contributed by atoms with van der Waals surface area (Å²) >= 11 is 6.09. The summed E-state index contributed by atoms with van der Waals surface area (Å²) in [5.41, 5.74) is 3.72. The van der Waals surface area contributed by atoms with Gasteiger partial charge in [0, 0.05) is 24.5 Å². The quantitative estimate of drug-likeness (QED) is 0.377. The molecule has 0 bridgehead atoms. The van der Waals surface area contributed by atoms with Crippen molar-refractivity contribution in [3.63, 3.8) is 0 Å². The number of sulfonamides is 1. The van der Waals surface area contributed by atoms with Crippen molar-refractivity contribution in [2.24, 2.45) is 0 Å². The van der Waals surface area contributed by atoms with E-state index < -0.39 is 28.5 Å². The number of carbonyl (C=O) groups is 2. The van der Waals surface area contributed by atoms with Gasteiger partial charge in [0.1, 0.15) is 12.6 Å². The molecule has 1 atom stereocenters. The van der Waals surface area contributed by atoms with Crippen molar-refractivity contribution in [3.05, 3.63) is 100 Å². The van der Waals surface area contributed by atoms with Crippen LogP contribution in [0, 0.1) is 13.8 Å². The highest BCUT2D eigenvalue weighted by Crippen LogP contribution is 2.26. The minimum absolute atomic E-state index is 0.145. The number of benzene rings is 3. The lowest BCUT2D eigenvalue weighted by molar-refractivity contribution is -0.140. The molecule has 0 aliphatic rings. The Morgan fingerprint density at radius 3 is 2.24 bits per heavy atom. The number of nitrogens with zero attached hydrogens (tertiary/aromatic N) is 2. The minimum Gasteiger partial charge on any atom is -0.355 e. The van der Waals surface area contributed by atoms with Crippen LogP contribution in [0.25, 0.3) is 0 Å². The zero-order valence-electron chi connectivity index (χ0n) is 22.1. The van der Waals surface area contributed by atoms with Crippen LogP contribution in [0.15, 0.2) is 72.8 Å². The maximum atomic E-state index is 14.0. The lowest BCUT2D eigenvalue weighted by atomic mass is 10.0. The Bertz CT molecular complexity index is 1380. The lowest BCUT2D eigenvalue weighted by Gasteiger charge is -2.33. The van der Waals surface area contributed by atoms with Crippen molar-refractivity contribution in [1.29, 1.82) is 0 Å². The van der Waals surface area contributed by atoms with Crippen molar-refractivity contribution >= 4 is 39.1 Å². The van der Waals surface area contributed by atoms with Gasteiger partial charge in [-0.25, -0.2) is 8.42 Å². The Balaban J connectivity index is 2.06. The minimum atomic E-state index is -3.83. The highest BCUT2D eigenvalue weighted by molar-refractivity contribution is 7.92. The van der Waals surface area contributed by atoms with E-state index in [1.807, 2.05) is 68.4 Å². The summed E-state index contributed by atoms with van der Waals surface area (Å²) in [6.07, 6.45) is 1.34. The van der Waals surface area contributed by atoms with Crippen molar-refractivity contribution < 1.29 is 18.0 Å². The number of aryl methyl sites for hydroxylation is 2. The summed E-state index contributed by atoms with van der Waals surface area (Å²) in [6, 6.07) is 21.1. The second-order valence-corrected chi connectivity index (χ2v) is 11.7. The van der Waals surface area contributed by atoms with Crippen LogP contribution in [-0.4, -0.2) is 50.5 Å². The van der Waals surface area contributed by atoms with Gasteiger partial charge in [-0.2, -0.15) is 0 Å². The highest BCUT2D eigenvalue weighted by atomic mass is 35.5. The number of hydrogen-bond acceptors (Lipinski definition) is 4. The number of likely N-dealkylation sites (N-methyl/N-ethyl adjacent to an activating group) is 1. The smallest absolute Gasteiger partial charge is 0.244 e. The maximum Gasteiger partial charge on any atom is 0.244 e. The molecule has 0 aliphatic heterocycles. The number of nitrogens with one attached hydrogen (secondary N) is 1. The molecule has 1 unspecified atom stereocenters. The number of amides is 2. The Labute approximate surface area is 230 Å². The first-order chi connectivity index (χ1) is 18.0. The van der Waals surface area contributed by atoms with Crippen LogP contribution in [0.4, 0.5) is 5.69 Å². The third kappa shape index (κ3) is 7.82. The molecule has 202 valence electrons. The van der Waals surface area contributed by atoms with Crippen LogP contribution < -0.4 is 9.62 Å². The molecule has 3 rings (SSSR count). The van der Waals surface area contributed by atoms with Crippen molar-refractivity contribution in [1.82, 2.24) is 10.2 Å². The summed E-state index contributed by atoms with van der Waals surface area (Å²) in [4.78, 5) is 28.8. The van der Waals surface area contributed by atoms with Gasteiger partial charge in [0.25, 0.3) is 0 Å². The second-order valence-electron chi connectivity index (χ2n) is 9.31. The Hall–Kier alpha value is -3.36. The predicted octanol–water partition coefficient (Wildman–Crippen LogP) is 4.50. The van der Waals surface area contributed by atoms with Crippen molar-refractivity contribution in [2.45, 2.75) is 39.8 Å². The van der Waals surface area contributed by atoms with Gasteiger partial charge in [0.2, 0.25) is 21.8 Å². The van der Waals surface area contributed by atoms with Gasteiger partial charge in [-0.05, 0) is 55.7 Å². The largest absolute Gasteiger partial charge is 0.355 e. The van der Waals surface area contributed by atoms with Crippen molar-refractivity contribution in [3.8, 4) is 0 Å². The van der Waals surface area contributed by atoms with E-state index in [1.165, 1.54) is 4.90 Å². The fourth-order valence-corrected chi connectivity index (χ4v) is 5.48. The van der Waals surface area contributed by atoms with Crippen LogP contribution in [0.2, 0.25) is 5.02 Å². The molecular formula is C29H34ClN3O4S. The van der Waals surface area contributed by atoms with Gasteiger partial charge in [-0.3, -0.25) is 13.9 Å². The molecule has 1 N–H and O–H groups in total. The van der Waals surface area contributed by atoms with Crippen LogP contribution in [0.5, 0.6) is 0 Å². The maximum absolute atomic E-state index is 14.0. The standard InChI is InChI=1S/C29H34ClN3O4S/c1-5-31-29(35)27(18-23-11-7-6-8-12-23)32(19-24-13-9-10-21(2)16-24)28(34)20-33(38(4,36)37)26-15-14-25(30)17-22(26)3/h6-17,27H,5,18-20H2,1-4H3,(H,31,35). The number of hydrogen-bond donors (Lipinski definition) is 1. The third-order valence-electron chi connectivity index (χ3n) is 6.16. The zero-order chi connectivity index (χ0) is 27.9. The summed E-state index contributed by atoms with van der Waals surface area (Å²) in [7, 11) is -3.83. The highest BCUT2D eigenvalue weighted by Gasteiger charge is 2.33. The van der Waals surface area contributed by atoms with E-state index >= 15 is 0 Å². The first kappa shape index (κ1) is 29.2. The van der Waals surface area contributed by atoms with Crippen LogP contribution in [0.3, 0.4) is 0 Å². The number of anilines is 1. The molecule has 0 radical (unpaired) electrons. The Morgan fingerprint density at radius 2 is 1.63 bits per heavy atom. The van der Waals surface area contributed by atoms with Crippen LogP contribution >= 0.6 is 11.6 Å². The summed E-state index contributed by atoms with van der Waals surface area (Å²) in [5.74, 6) is -0.788. The van der Waals surface area contributed by atoms with Gasteiger partial charge in [0.15, 0.2) is 0 Å². The fraction of sp³-hybridized carbons (Fsp3) is 0.310. The second kappa shape index (κ2) is 12.9.